The summed E-state index contributed by atoms with van der Waals surface area (Å²) in [5.41, 5.74) is -0.239. The number of aliphatic carboxylic acids is 1. The topological polar surface area (TPSA) is 59.4 Å². The molecule has 0 atom stereocenters. The highest BCUT2D eigenvalue weighted by molar-refractivity contribution is 14.1. The molecule has 1 rings (SSSR count). The smallest absolute Gasteiger partial charge is 0.481 e. The van der Waals surface area contributed by atoms with Crippen LogP contribution in [0.15, 0.2) is 6.20 Å². The molecule has 0 fully saturated rings. The maximum atomic E-state index is 12.3. The second-order valence-electron chi connectivity index (χ2n) is 3.11. The summed E-state index contributed by atoms with van der Waals surface area (Å²) in [5, 5.41) is 8.68. The van der Waals surface area contributed by atoms with Crippen molar-refractivity contribution < 1.29 is 27.8 Å². The Morgan fingerprint density at radius 3 is 2.61 bits per heavy atom. The highest BCUT2D eigenvalue weighted by Crippen LogP contribution is 2.33. The lowest BCUT2D eigenvalue weighted by Gasteiger charge is -2.16. The van der Waals surface area contributed by atoms with E-state index in [-0.39, 0.29) is 20.7 Å². The van der Waals surface area contributed by atoms with Crippen molar-refractivity contribution in [2.45, 2.75) is 18.7 Å². The van der Waals surface area contributed by atoms with Crippen LogP contribution in [0.1, 0.15) is 11.3 Å². The third kappa shape index (κ3) is 4.16. The normalized spacial score (nSPS) is 11.4. The number of hydrogen-bond acceptors (Lipinski definition) is 3. The van der Waals surface area contributed by atoms with Crippen LogP contribution < -0.4 is 4.74 Å². The Bertz CT molecular complexity index is 467. The Balaban J connectivity index is 3.31. The zero-order chi connectivity index (χ0) is 13.9. The van der Waals surface area contributed by atoms with Crippen LogP contribution in [-0.2, 0) is 17.1 Å². The lowest BCUT2D eigenvalue weighted by Crippen LogP contribution is -2.20. The average Bonchev–Trinajstić information content (AvgIpc) is 2.21. The highest BCUT2D eigenvalue weighted by Gasteiger charge is 2.34. The van der Waals surface area contributed by atoms with Gasteiger partial charge in [-0.3, -0.25) is 9.78 Å². The van der Waals surface area contributed by atoms with Crippen molar-refractivity contribution in [2.24, 2.45) is 0 Å². The van der Waals surface area contributed by atoms with Gasteiger partial charge in [-0.05, 0) is 22.6 Å². The predicted octanol–water partition coefficient (Wildman–Crippen LogP) is 2.95. The zero-order valence-electron chi connectivity index (χ0n) is 8.59. The van der Waals surface area contributed by atoms with Crippen molar-refractivity contribution in [3.05, 3.63) is 21.0 Å². The van der Waals surface area contributed by atoms with Crippen molar-refractivity contribution in [3.63, 3.8) is 0 Å². The highest BCUT2D eigenvalue weighted by atomic mass is 127. The Labute approximate surface area is 118 Å². The van der Waals surface area contributed by atoms with Gasteiger partial charge in [0, 0.05) is 15.3 Å². The number of pyridine rings is 1. The van der Waals surface area contributed by atoms with Crippen LogP contribution >= 0.6 is 34.2 Å². The molecular formula is C9H6ClF3INO3. The second-order valence-corrected chi connectivity index (χ2v) is 4.54. The minimum Gasteiger partial charge on any atom is -0.481 e. The number of carbonyl (C=O) groups is 1. The van der Waals surface area contributed by atoms with Crippen LogP contribution in [0.5, 0.6) is 5.75 Å². The molecule has 1 N–H and O–H groups in total. The Morgan fingerprint density at radius 2 is 2.17 bits per heavy atom. The third-order valence-electron chi connectivity index (χ3n) is 1.83. The fourth-order valence-corrected chi connectivity index (χ4v) is 1.97. The lowest BCUT2D eigenvalue weighted by molar-refractivity contribution is -0.275. The van der Waals surface area contributed by atoms with Gasteiger partial charge in [0.15, 0.2) is 5.75 Å². The molecule has 0 saturated carbocycles. The summed E-state index contributed by atoms with van der Waals surface area (Å²) in [7, 11) is 0. The van der Waals surface area contributed by atoms with Crippen molar-refractivity contribution in [1.82, 2.24) is 4.98 Å². The molecule has 1 heterocycles. The van der Waals surface area contributed by atoms with E-state index in [0.717, 1.165) is 0 Å². The van der Waals surface area contributed by atoms with Crippen LogP contribution in [0.3, 0.4) is 0 Å². The van der Waals surface area contributed by atoms with E-state index in [4.69, 9.17) is 16.7 Å². The van der Waals surface area contributed by atoms with Crippen LogP contribution in [0.25, 0.3) is 0 Å². The van der Waals surface area contributed by atoms with Crippen LogP contribution in [0, 0.1) is 3.57 Å². The summed E-state index contributed by atoms with van der Waals surface area (Å²) in [4.78, 5) is 14.3. The summed E-state index contributed by atoms with van der Waals surface area (Å²) in [6, 6.07) is 0. The maximum Gasteiger partial charge on any atom is 0.573 e. The molecule has 1 aromatic heterocycles. The number of rotatable bonds is 4. The standard InChI is InChI=1S/C9H6ClF3INO3/c10-2-6-8(18-9(11,12)13)4(1-7(16)17)5(14)3-15-6/h3H,1-2H2,(H,16,17). The van der Waals surface area contributed by atoms with Gasteiger partial charge in [-0.15, -0.1) is 24.8 Å². The molecule has 18 heavy (non-hydrogen) atoms. The largest absolute Gasteiger partial charge is 0.573 e. The van der Waals surface area contributed by atoms with Gasteiger partial charge in [0.2, 0.25) is 0 Å². The first-order valence-corrected chi connectivity index (χ1v) is 6.05. The summed E-state index contributed by atoms with van der Waals surface area (Å²) >= 11 is 7.15. The molecule has 1 aromatic rings. The summed E-state index contributed by atoms with van der Waals surface area (Å²) in [6.07, 6.45) is -4.28. The zero-order valence-corrected chi connectivity index (χ0v) is 11.5. The van der Waals surface area contributed by atoms with Gasteiger partial charge in [0.25, 0.3) is 0 Å². The number of hydrogen-bond donors (Lipinski definition) is 1. The number of carboxylic acid groups (broad SMARTS) is 1. The molecule has 0 spiro atoms. The van der Waals surface area contributed by atoms with E-state index in [1.807, 2.05) is 0 Å². The van der Waals surface area contributed by atoms with Gasteiger partial charge in [-0.1, -0.05) is 0 Å². The van der Waals surface area contributed by atoms with E-state index in [9.17, 15) is 18.0 Å². The number of ether oxygens (including phenoxy) is 1. The van der Waals surface area contributed by atoms with Crippen LogP contribution in [0.4, 0.5) is 13.2 Å². The summed E-state index contributed by atoms with van der Waals surface area (Å²) < 4.78 is 40.9. The lowest BCUT2D eigenvalue weighted by atomic mass is 10.1. The van der Waals surface area contributed by atoms with E-state index in [2.05, 4.69) is 9.72 Å². The van der Waals surface area contributed by atoms with Gasteiger partial charge < -0.3 is 9.84 Å². The Kier molecular flexibility index (Phi) is 5.02. The average molecular weight is 396 g/mol. The molecule has 0 bridgehead atoms. The van der Waals surface area contributed by atoms with Crippen molar-refractivity contribution in [3.8, 4) is 5.75 Å². The molecule has 0 radical (unpaired) electrons. The first-order chi connectivity index (χ1) is 8.24. The third-order valence-corrected chi connectivity index (χ3v) is 3.01. The molecule has 0 amide bonds. The monoisotopic (exact) mass is 395 g/mol. The Hall–Kier alpha value is -0.770. The van der Waals surface area contributed by atoms with E-state index in [0.29, 0.717) is 0 Å². The van der Waals surface area contributed by atoms with Gasteiger partial charge in [0.05, 0.1) is 18.0 Å². The number of carboxylic acids is 1. The SMILES string of the molecule is O=C(O)Cc1c(I)cnc(CCl)c1OC(F)(F)F. The first kappa shape index (κ1) is 15.3. The van der Waals surface area contributed by atoms with E-state index < -0.39 is 24.5 Å². The molecular weight excluding hydrogens is 389 g/mol. The van der Waals surface area contributed by atoms with E-state index in [1.54, 1.807) is 22.6 Å². The number of alkyl halides is 4. The molecule has 0 aliphatic rings. The molecule has 0 aromatic carbocycles. The minimum atomic E-state index is -4.93. The molecule has 0 unspecified atom stereocenters. The van der Waals surface area contributed by atoms with Crippen LogP contribution in [0.2, 0.25) is 0 Å². The quantitative estimate of drug-likeness (QED) is 0.629. The Morgan fingerprint density at radius 1 is 1.56 bits per heavy atom. The number of aromatic nitrogens is 1. The minimum absolute atomic E-state index is 0.0916. The van der Waals surface area contributed by atoms with Crippen molar-refractivity contribution in [2.75, 3.05) is 0 Å². The first-order valence-electron chi connectivity index (χ1n) is 4.44. The van der Waals surface area contributed by atoms with E-state index >= 15 is 0 Å². The number of halogens is 5. The molecule has 0 aliphatic heterocycles. The van der Waals surface area contributed by atoms with Crippen molar-refractivity contribution >= 4 is 40.2 Å². The summed E-state index contributed by atoms with van der Waals surface area (Å²) in [5.74, 6) is -2.21. The fraction of sp³-hybridized carbons (Fsp3) is 0.333. The number of nitrogens with zero attached hydrogens (tertiary/aromatic N) is 1. The fourth-order valence-electron chi connectivity index (χ4n) is 1.20. The van der Waals surface area contributed by atoms with Crippen molar-refractivity contribution in [1.29, 1.82) is 0 Å². The maximum absolute atomic E-state index is 12.3. The van der Waals surface area contributed by atoms with Gasteiger partial charge in [0.1, 0.15) is 0 Å². The van der Waals surface area contributed by atoms with Gasteiger partial charge in [-0.2, -0.15) is 0 Å². The van der Waals surface area contributed by atoms with Crippen LogP contribution in [-0.4, -0.2) is 22.4 Å². The molecule has 0 aliphatic carbocycles. The molecule has 4 nitrogen and oxygen atoms in total. The molecule has 0 saturated heterocycles. The summed E-state index contributed by atoms with van der Waals surface area (Å²) in [6.45, 7) is 0. The van der Waals surface area contributed by atoms with Gasteiger partial charge >= 0.3 is 12.3 Å². The predicted molar refractivity (Wildman–Crippen MR) is 64.5 cm³/mol. The second kappa shape index (κ2) is 5.91. The molecule has 9 heteroatoms. The molecule has 100 valence electrons. The van der Waals surface area contributed by atoms with Gasteiger partial charge in [-0.25, -0.2) is 0 Å². The van der Waals surface area contributed by atoms with E-state index in [1.165, 1.54) is 6.20 Å².